The van der Waals surface area contributed by atoms with Crippen molar-refractivity contribution in [1.82, 2.24) is 0 Å². The van der Waals surface area contributed by atoms with Crippen LogP contribution in [-0.4, -0.2) is 11.9 Å². The molecule has 2 rings (SSSR count). The van der Waals surface area contributed by atoms with E-state index in [1.54, 1.807) is 12.1 Å². The van der Waals surface area contributed by atoms with E-state index in [2.05, 4.69) is 4.74 Å². The number of hydrogen-bond donors (Lipinski definition) is 1. The molecule has 1 fully saturated rings. The summed E-state index contributed by atoms with van der Waals surface area (Å²) in [6.45, 7) is 0. The Bertz CT molecular complexity index is 382. The number of rotatable bonds is 3. The third-order valence-corrected chi connectivity index (χ3v) is 3.06. The maximum atomic E-state index is 11.9. The van der Waals surface area contributed by atoms with Crippen LogP contribution in [0.15, 0.2) is 24.3 Å². The van der Waals surface area contributed by atoms with Crippen molar-refractivity contribution in [2.75, 3.05) is 0 Å². The Hall–Kier alpha value is -1.23. The molecule has 0 atom stereocenters. The molecule has 0 bridgehead atoms. The van der Waals surface area contributed by atoms with Gasteiger partial charge in [-0.25, -0.2) is 0 Å². The van der Waals surface area contributed by atoms with Crippen LogP contribution in [0.1, 0.15) is 24.8 Å². The summed E-state index contributed by atoms with van der Waals surface area (Å²) in [5, 5.41) is 0. The predicted molar refractivity (Wildman–Crippen MR) is 57.6 cm³/mol. The van der Waals surface area contributed by atoms with Gasteiger partial charge in [-0.05, 0) is 43.4 Å². The van der Waals surface area contributed by atoms with Gasteiger partial charge in [-0.2, -0.15) is 0 Å². The average molecular weight is 245 g/mol. The first-order valence-electron chi connectivity index (χ1n) is 5.50. The van der Waals surface area contributed by atoms with E-state index in [1.807, 2.05) is 0 Å². The van der Waals surface area contributed by atoms with E-state index in [-0.39, 0.29) is 11.3 Å². The third kappa shape index (κ3) is 3.36. The van der Waals surface area contributed by atoms with Gasteiger partial charge in [0.1, 0.15) is 5.75 Å². The molecule has 0 radical (unpaired) electrons. The fourth-order valence-electron chi connectivity index (χ4n) is 2.02. The molecular formula is C12H14F3NO. The van der Waals surface area contributed by atoms with E-state index in [4.69, 9.17) is 5.73 Å². The van der Waals surface area contributed by atoms with Crippen LogP contribution in [0.25, 0.3) is 0 Å². The average Bonchev–Trinajstić information content (AvgIpc) is 2.16. The van der Waals surface area contributed by atoms with Crippen molar-refractivity contribution in [2.45, 2.75) is 37.6 Å². The molecule has 1 aliphatic carbocycles. The molecule has 17 heavy (non-hydrogen) atoms. The highest BCUT2D eigenvalue weighted by molar-refractivity contribution is 5.29. The molecule has 2 N–H and O–H groups in total. The smallest absolute Gasteiger partial charge is 0.406 e. The normalized spacial score (nSPS) is 18.6. The topological polar surface area (TPSA) is 35.2 Å². The highest BCUT2D eigenvalue weighted by Crippen LogP contribution is 2.33. The maximum absolute atomic E-state index is 11.9. The van der Waals surface area contributed by atoms with Gasteiger partial charge in [0.2, 0.25) is 0 Å². The fraction of sp³-hybridized carbons (Fsp3) is 0.500. The van der Waals surface area contributed by atoms with Crippen molar-refractivity contribution in [3.05, 3.63) is 29.8 Å². The van der Waals surface area contributed by atoms with E-state index in [0.717, 1.165) is 24.8 Å². The van der Waals surface area contributed by atoms with Crippen LogP contribution in [0.2, 0.25) is 0 Å². The summed E-state index contributed by atoms with van der Waals surface area (Å²) >= 11 is 0. The van der Waals surface area contributed by atoms with Crippen LogP contribution in [0.3, 0.4) is 0 Å². The highest BCUT2D eigenvalue weighted by Gasteiger charge is 2.33. The van der Waals surface area contributed by atoms with Gasteiger partial charge < -0.3 is 10.5 Å². The van der Waals surface area contributed by atoms with E-state index in [1.165, 1.54) is 12.1 Å². The maximum Gasteiger partial charge on any atom is 0.573 e. The van der Waals surface area contributed by atoms with Crippen LogP contribution in [0, 0.1) is 0 Å². The molecule has 1 aliphatic rings. The monoisotopic (exact) mass is 245 g/mol. The number of alkyl halides is 3. The molecule has 1 aromatic carbocycles. The van der Waals surface area contributed by atoms with Crippen LogP contribution in [0.5, 0.6) is 5.75 Å². The second kappa shape index (κ2) is 4.22. The number of benzene rings is 1. The molecule has 5 heteroatoms. The lowest BCUT2D eigenvalue weighted by Crippen LogP contribution is -2.48. The van der Waals surface area contributed by atoms with Crippen molar-refractivity contribution in [3.8, 4) is 5.75 Å². The molecule has 1 aromatic rings. The molecule has 94 valence electrons. The molecule has 0 heterocycles. The molecule has 0 spiro atoms. The minimum Gasteiger partial charge on any atom is -0.406 e. The fourth-order valence-corrected chi connectivity index (χ4v) is 2.02. The Kier molecular flexibility index (Phi) is 3.03. The van der Waals surface area contributed by atoms with Crippen LogP contribution in [-0.2, 0) is 6.42 Å². The Morgan fingerprint density at radius 3 is 2.18 bits per heavy atom. The number of hydrogen-bond acceptors (Lipinski definition) is 2. The highest BCUT2D eigenvalue weighted by atomic mass is 19.4. The molecule has 0 saturated heterocycles. The van der Waals surface area contributed by atoms with Gasteiger partial charge in [0.15, 0.2) is 0 Å². The Morgan fingerprint density at radius 1 is 1.18 bits per heavy atom. The van der Waals surface area contributed by atoms with Crippen molar-refractivity contribution < 1.29 is 17.9 Å². The first-order chi connectivity index (χ1) is 7.86. The van der Waals surface area contributed by atoms with Crippen LogP contribution in [0.4, 0.5) is 13.2 Å². The van der Waals surface area contributed by atoms with E-state index < -0.39 is 6.36 Å². The van der Waals surface area contributed by atoms with E-state index in [9.17, 15) is 13.2 Å². The summed E-state index contributed by atoms with van der Waals surface area (Å²) in [5.74, 6) is -0.194. The molecule has 0 aliphatic heterocycles. The summed E-state index contributed by atoms with van der Waals surface area (Å²) in [5.41, 5.74) is 6.85. The first kappa shape index (κ1) is 12.2. The Morgan fingerprint density at radius 2 is 1.76 bits per heavy atom. The van der Waals surface area contributed by atoms with Gasteiger partial charge in [0, 0.05) is 5.54 Å². The zero-order chi connectivity index (χ0) is 12.5. The van der Waals surface area contributed by atoms with Gasteiger partial charge in [-0.15, -0.1) is 13.2 Å². The first-order valence-corrected chi connectivity index (χ1v) is 5.50. The second-order valence-corrected chi connectivity index (χ2v) is 4.58. The lowest BCUT2D eigenvalue weighted by molar-refractivity contribution is -0.274. The molecule has 1 saturated carbocycles. The molecule has 0 aromatic heterocycles. The summed E-state index contributed by atoms with van der Waals surface area (Å²) in [6, 6.07) is 5.91. The van der Waals surface area contributed by atoms with Gasteiger partial charge >= 0.3 is 6.36 Å². The van der Waals surface area contributed by atoms with Gasteiger partial charge in [0.05, 0.1) is 0 Å². The lowest BCUT2D eigenvalue weighted by atomic mass is 9.74. The number of ether oxygens (including phenoxy) is 1. The summed E-state index contributed by atoms with van der Waals surface area (Å²) in [7, 11) is 0. The van der Waals surface area contributed by atoms with Gasteiger partial charge in [-0.1, -0.05) is 12.1 Å². The van der Waals surface area contributed by atoms with Crippen molar-refractivity contribution >= 4 is 0 Å². The zero-order valence-electron chi connectivity index (χ0n) is 9.26. The minimum absolute atomic E-state index is 0.160. The summed E-state index contributed by atoms with van der Waals surface area (Å²) < 4.78 is 39.6. The van der Waals surface area contributed by atoms with Crippen molar-refractivity contribution in [1.29, 1.82) is 0 Å². The summed E-state index contributed by atoms with van der Waals surface area (Å²) in [6.07, 6.45) is -0.836. The molecular weight excluding hydrogens is 231 g/mol. The summed E-state index contributed by atoms with van der Waals surface area (Å²) in [4.78, 5) is 0. The van der Waals surface area contributed by atoms with Crippen molar-refractivity contribution in [3.63, 3.8) is 0 Å². The zero-order valence-corrected chi connectivity index (χ0v) is 9.26. The number of nitrogens with two attached hydrogens (primary N) is 1. The molecule has 0 unspecified atom stereocenters. The molecule has 2 nitrogen and oxygen atoms in total. The standard InChI is InChI=1S/C12H14F3NO/c13-12(14,15)17-10-4-2-9(3-5-10)8-11(16)6-1-7-11/h2-5H,1,6-8,16H2. The van der Waals surface area contributed by atoms with Gasteiger partial charge in [0.25, 0.3) is 0 Å². The van der Waals surface area contributed by atoms with E-state index >= 15 is 0 Å². The quantitative estimate of drug-likeness (QED) is 0.888. The Labute approximate surface area is 97.6 Å². The van der Waals surface area contributed by atoms with E-state index in [0.29, 0.717) is 6.42 Å². The van der Waals surface area contributed by atoms with Crippen LogP contribution < -0.4 is 10.5 Å². The van der Waals surface area contributed by atoms with Gasteiger partial charge in [-0.3, -0.25) is 0 Å². The third-order valence-electron chi connectivity index (χ3n) is 3.06. The minimum atomic E-state index is -4.63. The largest absolute Gasteiger partial charge is 0.573 e. The predicted octanol–water partition coefficient (Wildman–Crippen LogP) is 3.01. The lowest BCUT2D eigenvalue weighted by Gasteiger charge is -2.38. The van der Waals surface area contributed by atoms with Crippen molar-refractivity contribution in [2.24, 2.45) is 5.73 Å². The number of halogens is 3. The second-order valence-electron chi connectivity index (χ2n) is 4.58. The van der Waals surface area contributed by atoms with Crippen LogP contribution >= 0.6 is 0 Å². The Balaban J connectivity index is 1.98. The SMILES string of the molecule is NC1(Cc2ccc(OC(F)(F)F)cc2)CCC1. The molecule has 0 amide bonds.